The molecular formula is C6H12OS. The molecule has 0 saturated heterocycles. The minimum absolute atomic E-state index is 0.484. The van der Waals surface area contributed by atoms with Crippen molar-refractivity contribution >= 4 is 12.6 Å². The van der Waals surface area contributed by atoms with E-state index in [2.05, 4.69) is 12.6 Å². The van der Waals surface area contributed by atoms with Crippen molar-refractivity contribution in [1.29, 1.82) is 0 Å². The summed E-state index contributed by atoms with van der Waals surface area (Å²) in [7, 11) is 1.75. The average molecular weight is 132 g/mol. The Hall–Kier alpha value is 0.310. The zero-order valence-electron chi connectivity index (χ0n) is 5.18. The van der Waals surface area contributed by atoms with Crippen LogP contribution in [-0.2, 0) is 4.74 Å². The maximum Gasteiger partial charge on any atom is 0.0526 e. The first-order chi connectivity index (χ1) is 3.83. The largest absolute Gasteiger partial charge is 0.384 e. The van der Waals surface area contributed by atoms with Gasteiger partial charge in [0.1, 0.15) is 0 Å². The van der Waals surface area contributed by atoms with Crippen LogP contribution < -0.4 is 0 Å². The number of methoxy groups -OCH3 is 1. The van der Waals surface area contributed by atoms with Crippen LogP contribution in [0.3, 0.4) is 0 Å². The molecule has 0 aromatic carbocycles. The van der Waals surface area contributed by atoms with E-state index >= 15 is 0 Å². The smallest absolute Gasteiger partial charge is 0.0526 e. The van der Waals surface area contributed by atoms with Gasteiger partial charge in [0.25, 0.3) is 0 Å². The molecule has 48 valence electrons. The third-order valence-corrected chi connectivity index (χ3v) is 2.41. The molecule has 1 aliphatic rings. The third kappa shape index (κ3) is 1.17. The van der Waals surface area contributed by atoms with Gasteiger partial charge in [-0.2, -0.15) is 12.6 Å². The van der Waals surface area contributed by atoms with Crippen molar-refractivity contribution in [3.63, 3.8) is 0 Å². The van der Waals surface area contributed by atoms with E-state index in [1.54, 1.807) is 7.11 Å². The number of hydrogen-bond acceptors (Lipinski definition) is 2. The highest BCUT2D eigenvalue weighted by Crippen LogP contribution is 2.46. The van der Waals surface area contributed by atoms with E-state index in [1.165, 1.54) is 12.8 Å². The highest BCUT2D eigenvalue weighted by Gasteiger charge is 2.40. The van der Waals surface area contributed by atoms with Crippen LogP contribution in [0.2, 0.25) is 0 Å². The molecule has 8 heavy (non-hydrogen) atoms. The van der Waals surface area contributed by atoms with Gasteiger partial charge in [0.05, 0.1) is 6.61 Å². The highest BCUT2D eigenvalue weighted by molar-refractivity contribution is 7.80. The van der Waals surface area contributed by atoms with E-state index in [4.69, 9.17) is 4.74 Å². The Morgan fingerprint density at radius 3 is 2.38 bits per heavy atom. The first-order valence-electron chi connectivity index (χ1n) is 2.93. The van der Waals surface area contributed by atoms with Crippen molar-refractivity contribution in [2.45, 2.75) is 12.8 Å². The Bertz CT molecular complexity index is 78.6. The van der Waals surface area contributed by atoms with Gasteiger partial charge in [-0.1, -0.05) is 0 Å². The van der Waals surface area contributed by atoms with Crippen molar-refractivity contribution in [3.8, 4) is 0 Å². The number of hydrogen-bond donors (Lipinski definition) is 1. The fraction of sp³-hybridized carbons (Fsp3) is 1.00. The Morgan fingerprint density at radius 2 is 2.25 bits per heavy atom. The number of rotatable bonds is 3. The molecule has 0 atom stereocenters. The normalized spacial score (nSPS) is 23.2. The average Bonchev–Trinajstić information content (AvgIpc) is 2.50. The summed E-state index contributed by atoms with van der Waals surface area (Å²) in [5.41, 5.74) is 0.484. The highest BCUT2D eigenvalue weighted by atomic mass is 32.1. The van der Waals surface area contributed by atoms with Crippen LogP contribution in [0.1, 0.15) is 12.8 Å². The molecule has 0 bridgehead atoms. The maximum absolute atomic E-state index is 5.01. The van der Waals surface area contributed by atoms with Gasteiger partial charge in [-0.15, -0.1) is 0 Å². The van der Waals surface area contributed by atoms with Crippen LogP contribution in [-0.4, -0.2) is 19.5 Å². The quantitative estimate of drug-likeness (QED) is 0.570. The topological polar surface area (TPSA) is 9.23 Å². The molecule has 0 heterocycles. The molecule has 1 fully saturated rings. The zero-order valence-corrected chi connectivity index (χ0v) is 6.08. The third-order valence-electron chi connectivity index (χ3n) is 1.74. The second-order valence-electron chi connectivity index (χ2n) is 2.59. The summed E-state index contributed by atoms with van der Waals surface area (Å²) in [6.45, 7) is 0.899. The van der Waals surface area contributed by atoms with Crippen molar-refractivity contribution < 1.29 is 4.74 Å². The van der Waals surface area contributed by atoms with Crippen LogP contribution >= 0.6 is 12.6 Å². The van der Waals surface area contributed by atoms with E-state index in [9.17, 15) is 0 Å². The van der Waals surface area contributed by atoms with E-state index in [0.29, 0.717) is 5.41 Å². The van der Waals surface area contributed by atoms with E-state index < -0.39 is 0 Å². The number of ether oxygens (including phenoxy) is 1. The first kappa shape index (κ1) is 6.43. The maximum atomic E-state index is 5.01. The summed E-state index contributed by atoms with van der Waals surface area (Å²) in [4.78, 5) is 0. The van der Waals surface area contributed by atoms with Crippen molar-refractivity contribution in [2.75, 3.05) is 19.5 Å². The van der Waals surface area contributed by atoms with Gasteiger partial charge in [0, 0.05) is 12.5 Å². The lowest BCUT2D eigenvalue weighted by Crippen LogP contribution is -2.09. The molecule has 0 radical (unpaired) electrons. The summed E-state index contributed by atoms with van der Waals surface area (Å²) < 4.78 is 5.01. The summed E-state index contributed by atoms with van der Waals surface area (Å²) in [5.74, 6) is 0.987. The molecule has 0 amide bonds. The van der Waals surface area contributed by atoms with E-state index in [0.717, 1.165) is 12.4 Å². The van der Waals surface area contributed by atoms with Gasteiger partial charge in [0.2, 0.25) is 0 Å². The van der Waals surface area contributed by atoms with Crippen LogP contribution in [0, 0.1) is 5.41 Å². The van der Waals surface area contributed by atoms with Crippen LogP contribution in [0.25, 0.3) is 0 Å². The number of thiol groups is 1. The Balaban J connectivity index is 2.20. The fourth-order valence-electron chi connectivity index (χ4n) is 0.831. The van der Waals surface area contributed by atoms with Gasteiger partial charge in [-0.05, 0) is 18.6 Å². The Labute approximate surface area is 55.8 Å². The summed E-state index contributed by atoms with van der Waals surface area (Å²) in [6, 6.07) is 0. The lowest BCUT2D eigenvalue weighted by molar-refractivity contribution is 0.152. The minimum atomic E-state index is 0.484. The van der Waals surface area contributed by atoms with Gasteiger partial charge in [-0.25, -0.2) is 0 Å². The molecular weight excluding hydrogens is 120 g/mol. The van der Waals surface area contributed by atoms with Crippen molar-refractivity contribution in [3.05, 3.63) is 0 Å². The monoisotopic (exact) mass is 132 g/mol. The molecule has 2 heteroatoms. The van der Waals surface area contributed by atoms with Crippen molar-refractivity contribution in [2.24, 2.45) is 5.41 Å². The molecule has 0 N–H and O–H groups in total. The van der Waals surface area contributed by atoms with Gasteiger partial charge in [-0.3, -0.25) is 0 Å². The molecule has 1 aliphatic carbocycles. The Morgan fingerprint density at radius 1 is 1.62 bits per heavy atom. The SMILES string of the molecule is COCC1(CS)CC1. The summed E-state index contributed by atoms with van der Waals surface area (Å²) in [5, 5.41) is 0. The second-order valence-corrected chi connectivity index (χ2v) is 2.91. The molecule has 0 spiro atoms. The lowest BCUT2D eigenvalue weighted by atomic mass is 10.2. The van der Waals surface area contributed by atoms with Crippen molar-refractivity contribution in [1.82, 2.24) is 0 Å². The first-order valence-corrected chi connectivity index (χ1v) is 3.56. The molecule has 0 aromatic rings. The Kier molecular flexibility index (Phi) is 1.83. The van der Waals surface area contributed by atoms with Crippen LogP contribution in [0.15, 0.2) is 0 Å². The fourth-order valence-corrected chi connectivity index (χ4v) is 1.24. The molecule has 0 aliphatic heterocycles. The molecule has 1 nitrogen and oxygen atoms in total. The van der Waals surface area contributed by atoms with Crippen LogP contribution in [0.5, 0.6) is 0 Å². The predicted octanol–water partition coefficient (Wildman–Crippen LogP) is 1.34. The second kappa shape index (κ2) is 2.28. The van der Waals surface area contributed by atoms with Gasteiger partial charge >= 0.3 is 0 Å². The van der Waals surface area contributed by atoms with E-state index in [1.807, 2.05) is 0 Å². The molecule has 1 rings (SSSR count). The minimum Gasteiger partial charge on any atom is -0.384 e. The standard InChI is InChI=1S/C6H12OS/c1-7-4-6(5-8)2-3-6/h8H,2-5H2,1H3. The van der Waals surface area contributed by atoms with E-state index in [-0.39, 0.29) is 0 Å². The molecule has 1 saturated carbocycles. The zero-order chi connectivity index (χ0) is 6.04. The van der Waals surface area contributed by atoms with Gasteiger partial charge in [0.15, 0.2) is 0 Å². The molecule has 0 unspecified atom stereocenters. The summed E-state index contributed by atoms with van der Waals surface area (Å²) in [6.07, 6.45) is 2.62. The lowest BCUT2D eigenvalue weighted by Gasteiger charge is -2.07. The molecule has 0 aromatic heterocycles. The predicted molar refractivity (Wildman–Crippen MR) is 37.4 cm³/mol. The van der Waals surface area contributed by atoms with Crippen LogP contribution in [0.4, 0.5) is 0 Å². The summed E-state index contributed by atoms with van der Waals surface area (Å²) >= 11 is 4.22. The van der Waals surface area contributed by atoms with Gasteiger partial charge < -0.3 is 4.74 Å².